The van der Waals surface area contributed by atoms with Crippen molar-refractivity contribution < 1.29 is 24.2 Å². The molecule has 0 spiro atoms. The normalized spacial score (nSPS) is 20.0. The van der Waals surface area contributed by atoms with Crippen LogP contribution in [0.5, 0.6) is 0 Å². The van der Waals surface area contributed by atoms with E-state index in [-0.39, 0.29) is 31.3 Å². The Labute approximate surface area is 245 Å². The SMILES string of the molecule is CC#CCOC(=O)N1CCc2c([nH]c3ccc(Cl)cc23)C1C1=CC=C(OCC(O)CN2CCN(C(C)=O)CC2)CC1. The van der Waals surface area contributed by atoms with E-state index in [1.807, 2.05) is 35.3 Å². The first-order valence-corrected chi connectivity index (χ1v) is 14.5. The molecule has 1 fully saturated rings. The lowest BCUT2D eigenvalue weighted by Gasteiger charge is -2.37. The van der Waals surface area contributed by atoms with Gasteiger partial charge in [0.1, 0.15) is 12.7 Å². The molecule has 1 aliphatic carbocycles. The quantitative estimate of drug-likeness (QED) is 0.480. The summed E-state index contributed by atoms with van der Waals surface area (Å²) in [4.78, 5) is 34.0. The van der Waals surface area contributed by atoms with Crippen LogP contribution in [0.15, 0.2) is 41.7 Å². The van der Waals surface area contributed by atoms with E-state index in [9.17, 15) is 14.7 Å². The summed E-state index contributed by atoms with van der Waals surface area (Å²) in [6.07, 6.45) is 5.01. The fourth-order valence-corrected chi connectivity index (χ4v) is 6.05. The molecule has 5 rings (SSSR count). The second kappa shape index (κ2) is 13.0. The Kier molecular flexibility index (Phi) is 9.23. The lowest BCUT2D eigenvalue weighted by atomic mass is 9.88. The van der Waals surface area contributed by atoms with E-state index in [1.165, 1.54) is 5.56 Å². The number of rotatable bonds is 7. The highest BCUT2D eigenvalue weighted by atomic mass is 35.5. The van der Waals surface area contributed by atoms with Gasteiger partial charge in [0.2, 0.25) is 5.91 Å². The van der Waals surface area contributed by atoms with E-state index in [0.717, 1.165) is 41.0 Å². The summed E-state index contributed by atoms with van der Waals surface area (Å²) in [5.74, 6) is 6.46. The van der Waals surface area contributed by atoms with Crippen LogP contribution < -0.4 is 0 Å². The zero-order valence-corrected chi connectivity index (χ0v) is 24.4. The predicted octanol–water partition coefficient (Wildman–Crippen LogP) is 4.03. The number of nitrogens with zero attached hydrogens (tertiary/aromatic N) is 3. The first-order chi connectivity index (χ1) is 19.8. The van der Waals surface area contributed by atoms with Gasteiger partial charge in [-0.15, -0.1) is 5.92 Å². The van der Waals surface area contributed by atoms with Gasteiger partial charge in [0, 0.05) is 74.2 Å². The van der Waals surface area contributed by atoms with Crippen molar-refractivity contribution in [2.24, 2.45) is 0 Å². The highest BCUT2D eigenvalue weighted by molar-refractivity contribution is 6.31. The number of aromatic nitrogens is 1. The minimum absolute atomic E-state index is 0.0550. The van der Waals surface area contributed by atoms with Crippen molar-refractivity contribution in [3.05, 3.63) is 58.0 Å². The summed E-state index contributed by atoms with van der Waals surface area (Å²) < 4.78 is 11.5. The summed E-state index contributed by atoms with van der Waals surface area (Å²) in [5.41, 5.74) is 4.22. The second-order valence-electron chi connectivity index (χ2n) is 10.7. The number of aromatic amines is 1. The van der Waals surface area contributed by atoms with Crippen molar-refractivity contribution in [3.63, 3.8) is 0 Å². The number of benzene rings is 1. The minimum Gasteiger partial charge on any atom is -0.495 e. The number of carbonyl (C=O) groups is 2. The Morgan fingerprint density at radius 1 is 1.15 bits per heavy atom. The molecule has 3 aliphatic rings. The number of halogens is 1. The number of piperazine rings is 1. The molecule has 2 aromatic rings. The third kappa shape index (κ3) is 6.72. The fraction of sp³-hybridized carbons (Fsp3) is 0.484. The number of allylic oxidation sites excluding steroid dienone is 3. The number of carbonyl (C=O) groups excluding carboxylic acids is 2. The number of amides is 2. The molecule has 2 amide bonds. The zero-order valence-electron chi connectivity index (χ0n) is 23.6. The molecule has 0 saturated carbocycles. The van der Waals surface area contributed by atoms with Gasteiger partial charge in [-0.25, -0.2) is 4.79 Å². The molecule has 1 aromatic carbocycles. The zero-order chi connectivity index (χ0) is 28.9. The van der Waals surface area contributed by atoms with Crippen molar-refractivity contribution in [2.45, 2.75) is 45.3 Å². The molecular weight excluding hydrogens is 544 g/mol. The van der Waals surface area contributed by atoms with Gasteiger partial charge >= 0.3 is 6.09 Å². The number of aliphatic hydroxyl groups is 1. The van der Waals surface area contributed by atoms with Gasteiger partial charge in [0.05, 0.1) is 11.8 Å². The van der Waals surface area contributed by atoms with E-state index in [0.29, 0.717) is 50.5 Å². The maximum absolute atomic E-state index is 13.1. The fourth-order valence-electron chi connectivity index (χ4n) is 5.88. The summed E-state index contributed by atoms with van der Waals surface area (Å²) in [6, 6.07) is 5.51. The summed E-state index contributed by atoms with van der Waals surface area (Å²) in [5, 5.41) is 12.3. The predicted molar refractivity (Wildman–Crippen MR) is 157 cm³/mol. The highest BCUT2D eigenvalue weighted by Gasteiger charge is 2.37. The topological polar surface area (TPSA) is 98.3 Å². The average molecular weight is 581 g/mol. The second-order valence-corrected chi connectivity index (χ2v) is 11.1. The maximum Gasteiger partial charge on any atom is 0.411 e. The largest absolute Gasteiger partial charge is 0.495 e. The molecule has 0 radical (unpaired) electrons. The lowest BCUT2D eigenvalue weighted by molar-refractivity contribution is -0.130. The summed E-state index contributed by atoms with van der Waals surface area (Å²) in [6.45, 7) is 7.46. The van der Waals surface area contributed by atoms with Crippen LogP contribution >= 0.6 is 11.6 Å². The third-order valence-corrected chi connectivity index (χ3v) is 8.25. The lowest BCUT2D eigenvalue weighted by Crippen LogP contribution is -2.50. The molecular formula is C31H37ClN4O5. The Hall–Kier alpha value is -3.45. The van der Waals surface area contributed by atoms with Gasteiger partial charge in [0.15, 0.2) is 6.61 Å². The first-order valence-electron chi connectivity index (χ1n) is 14.2. The van der Waals surface area contributed by atoms with E-state index in [1.54, 1.807) is 18.7 Å². The number of aliphatic hydroxyl groups excluding tert-OH is 1. The van der Waals surface area contributed by atoms with Crippen LogP contribution in [0.2, 0.25) is 5.02 Å². The minimum atomic E-state index is -0.624. The Bertz CT molecular complexity index is 1410. The number of β-amino-alcohol motifs (C(OH)–C–C–N with tert-alkyl or cyclic N) is 1. The van der Waals surface area contributed by atoms with Crippen molar-refractivity contribution >= 4 is 34.5 Å². The van der Waals surface area contributed by atoms with Crippen molar-refractivity contribution in [1.29, 1.82) is 0 Å². The van der Waals surface area contributed by atoms with Gasteiger partial charge in [-0.1, -0.05) is 23.6 Å². The van der Waals surface area contributed by atoms with Crippen molar-refractivity contribution in [2.75, 3.05) is 52.5 Å². The molecule has 10 heteroatoms. The van der Waals surface area contributed by atoms with Crippen LogP contribution in [-0.2, 0) is 20.7 Å². The van der Waals surface area contributed by atoms with Crippen LogP contribution in [-0.4, -0.2) is 95.4 Å². The number of ether oxygens (including phenoxy) is 2. The van der Waals surface area contributed by atoms with Crippen LogP contribution in [0.25, 0.3) is 10.9 Å². The molecule has 1 saturated heterocycles. The van der Waals surface area contributed by atoms with Crippen LogP contribution in [0, 0.1) is 11.8 Å². The highest BCUT2D eigenvalue weighted by Crippen LogP contribution is 2.42. The molecule has 218 valence electrons. The van der Waals surface area contributed by atoms with E-state index in [2.05, 4.69) is 21.7 Å². The number of H-pyrrole nitrogens is 1. The molecule has 1 aromatic heterocycles. The Morgan fingerprint density at radius 3 is 2.66 bits per heavy atom. The molecule has 3 heterocycles. The smallest absolute Gasteiger partial charge is 0.411 e. The van der Waals surface area contributed by atoms with Gasteiger partial charge in [-0.05, 0) is 55.2 Å². The van der Waals surface area contributed by atoms with Crippen LogP contribution in [0.4, 0.5) is 4.79 Å². The number of nitrogens with one attached hydrogen (secondary N) is 1. The number of hydrogen-bond acceptors (Lipinski definition) is 6. The van der Waals surface area contributed by atoms with Gasteiger partial charge in [-0.2, -0.15) is 0 Å². The summed E-state index contributed by atoms with van der Waals surface area (Å²) >= 11 is 6.31. The van der Waals surface area contributed by atoms with Gasteiger partial charge in [-0.3, -0.25) is 14.6 Å². The Balaban J connectivity index is 1.28. The van der Waals surface area contributed by atoms with Crippen molar-refractivity contribution in [1.82, 2.24) is 19.7 Å². The molecule has 2 atom stereocenters. The third-order valence-electron chi connectivity index (χ3n) is 8.01. The Morgan fingerprint density at radius 2 is 1.95 bits per heavy atom. The molecule has 0 bridgehead atoms. The van der Waals surface area contributed by atoms with Gasteiger partial charge in [0.25, 0.3) is 0 Å². The van der Waals surface area contributed by atoms with Crippen molar-refractivity contribution in [3.8, 4) is 11.8 Å². The van der Waals surface area contributed by atoms with Gasteiger partial charge < -0.3 is 24.5 Å². The van der Waals surface area contributed by atoms with Crippen LogP contribution in [0.1, 0.15) is 44.0 Å². The standard InChI is InChI=1S/C31H37ClN4O5/c1-3-4-17-40-31(39)36-12-11-26-27-18-23(32)7-10-28(27)33-29(26)30(36)22-5-8-25(9-6-22)41-20-24(38)19-34-13-15-35(16-14-34)21(2)37/h5,7-8,10,18,24,30,33,38H,6,9,11-17,19-20H2,1-2H3. The summed E-state index contributed by atoms with van der Waals surface area (Å²) in [7, 11) is 0. The van der Waals surface area contributed by atoms with E-state index in [4.69, 9.17) is 21.1 Å². The monoisotopic (exact) mass is 580 g/mol. The number of hydrogen-bond donors (Lipinski definition) is 2. The molecule has 2 aliphatic heterocycles. The first kappa shape index (κ1) is 29.1. The molecule has 2 unspecified atom stereocenters. The maximum atomic E-state index is 13.1. The number of fused-ring (bicyclic) bond motifs is 3. The van der Waals surface area contributed by atoms with E-state index >= 15 is 0 Å². The molecule has 41 heavy (non-hydrogen) atoms. The molecule has 9 nitrogen and oxygen atoms in total. The van der Waals surface area contributed by atoms with E-state index < -0.39 is 6.10 Å². The van der Waals surface area contributed by atoms with Crippen LogP contribution in [0.3, 0.4) is 0 Å². The molecule has 2 N–H and O–H groups in total. The average Bonchev–Trinajstić information content (AvgIpc) is 3.34.